The van der Waals surface area contributed by atoms with Gasteiger partial charge in [-0.05, 0) is 86.4 Å². The maximum atomic E-state index is 11.2. The van der Waals surface area contributed by atoms with Gasteiger partial charge in [0, 0.05) is 19.8 Å². The van der Waals surface area contributed by atoms with Crippen LogP contribution in [-0.4, -0.2) is 46.4 Å². The van der Waals surface area contributed by atoms with E-state index in [1.54, 1.807) is 0 Å². The Morgan fingerprint density at radius 2 is 0.474 bits per heavy atom. The van der Waals surface area contributed by atoms with Crippen LogP contribution in [0.1, 0.15) is 394 Å². The van der Waals surface area contributed by atoms with Gasteiger partial charge in [-0.2, -0.15) is 0 Å². The van der Waals surface area contributed by atoms with Gasteiger partial charge in [0.25, 0.3) is 0 Å². The van der Waals surface area contributed by atoms with Crippen LogP contribution in [0.15, 0.2) is 0 Å². The van der Waals surface area contributed by atoms with Crippen molar-refractivity contribution in [1.82, 2.24) is 0 Å². The Hall–Kier alpha value is -0.160. The molecule has 1 fully saturated rings. The first-order valence-electron chi connectivity index (χ1n) is 36.0. The van der Waals surface area contributed by atoms with Crippen molar-refractivity contribution in [3.63, 3.8) is 0 Å². The molecule has 0 amide bonds. The van der Waals surface area contributed by atoms with Crippen molar-refractivity contribution in [3.8, 4) is 0 Å². The zero-order valence-corrected chi connectivity index (χ0v) is 52.8. The van der Waals surface area contributed by atoms with Gasteiger partial charge >= 0.3 is 0 Å². The molecule has 4 nitrogen and oxygen atoms in total. The molecular weight excluding hydrogens is 929 g/mol. The Labute approximate surface area is 479 Å². The number of aliphatic hydroxyl groups excluding tert-OH is 4. The third kappa shape index (κ3) is 44.5. The summed E-state index contributed by atoms with van der Waals surface area (Å²) in [6.45, 7) is 10.4. The molecule has 0 radical (unpaired) electrons. The van der Waals surface area contributed by atoms with Crippen LogP contribution in [0.25, 0.3) is 0 Å². The molecule has 1 saturated carbocycles. The lowest BCUT2D eigenvalue weighted by molar-refractivity contribution is 0.0811. The fraction of sp³-hybridized carbons (Fsp3) is 1.00. The summed E-state index contributed by atoms with van der Waals surface area (Å²) in [6.07, 6.45) is 77.2. The van der Waals surface area contributed by atoms with Crippen molar-refractivity contribution in [2.24, 2.45) is 41.4 Å². The van der Waals surface area contributed by atoms with E-state index in [9.17, 15) is 20.4 Å². The van der Waals surface area contributed by atoms with Crippen molar-refractivity contribution in [1.29, 1.82) is 0 Å². The Bertz CT molecular complexity index is 1100. The molecule has 0 heterocycles. The molecule has 1 aliphatic rings. The van der Waals surface area contributed by atoms with Gasteiger partial charge in [0.15, 0.2) is 0 Å². The predicted octanol–water partition coefficient (Wildman–Crippen LogP) is 23.0. The van der Waals surface area contributed by atoms with Crippen molar-refractivity contribution in [2.75, 3.05) is 19.8 Å². The minimum Gasteiger partial charge on any atom is -0.396 e. The highest BCUT2D eigenvalue weighted by Gasteiger charge is 2.36. The van der Waals surface area contributed by atoms with E-state index in [-0.39, 0.29) is 6.10 Å². The van der Waals surface area contributed by atoms with E-state index in [0.717, 1.165) is 61.2 Å². The van der Waals surface area contributed by atoms with Crippen LogP contribution in [0, 0.1) is 41.4 Å². The monoisotopic (exact) mass is 1070 g/mol. The molecule has 4 N–H and O–H groups in total. The van der Waals surface area contributed by atoms with Crippen molar-refractivity contribution >= 4 is 0 Å². The number of hydrogen-bond donors (Lipinski definition) is 4. The third-order valence-corrected chi connectivity index (χ3v) is 19.7. The molecule has 8 atom stereocenters. The summed E-state index contributed by atoms with van der Waals surface area (Å²) in [5.41, 5.74) is 0. The smallest absolute Gasteiger partial charge is 0.0565 e. The average Bonchev–Trinajstić information content (AvgIpc) is 3.42. The lowest BCUT2D eigenvalue weighted by atomic mass is 9.63. The number of hydrogen-bond acceptors (Lipinski definition) is 4. The van der Waals surface area contributed by atoms with E-state index < -0.39 is 0 Å². The Morgan fingerprint density at radius 3 is 0.737 bits per heavy atom. The highest BCUT2D eigenvalue weighted by molar-refractivity contribution is 4.86. The molecule has 76 heavy (non-hydrogen) atoms. The van der Waals surface area contributed by atoms with Crippen molar-refractivity contribution in [3.05, 3.63) is 0 Å². The molecule has 0 aliphatic heterocycles. The van der Waals surface area contributed by atoms with Crippen LogP contribution in [0.2, 0.25) is 0 Å². The summed E-state index contributed by atoms with van der Waals surface area (Å²) in [4.78, 5) is 0. The molecule has 0 bridgehead atoms. The third-order valence-electron chi connectivity index (χ3n) is 19.7. The SMILES string of the molecule is CCCCCCCCCCC(CCCCCCCO)C(CCCCCCCC)CCCCCCCCC(O)C(C)CCCCCCC1CC(CCCCCCCO)C(CCCCCCCC)CC1CCCCCCCO. The number of aliphatic hydroxyl groups is 4. The maximum absolute atomic E-state index is 11.2. The van der Waals surface area contributed by atoms with Crippen LogP contribution < -0.4 is 0 Å². The molecule has 0 spiro atoms. The highest BCUT2D eigenvalue weighted by Crippen LogP contribution is 2.47. The molecule has 456 valence electrons. The molecule has 8 unspecified atom stereocenters. The van der Waals surface area contributed by atoms with Gasteiger partial charge in [-0.1, -0.05) is 349 Å². The zero-order valence-electron chi connectivity index (χ0n) is 52.8. The van der Waals surface area contributed by atoms with Gasteiger partial charge in [-0.15, -0.1) is 0 Å². The van der Waals surface area contributed by atoms with Crippen LogP contribution in [0.4, 0.5) is 0 Å². The molecule has 1 aliphatic carbocycles. The highest BCUT2D eigenvalue weighted by atomic mass is 16.3. The summed E-state index contributed by atoms with van der Waals surface area (Å²) in [5.74, 6) is 5.99. The van der Waals surface area contributed by atoms with E-state index in [1.807, 2.05) is 0 Å². The van der Waals surface area contributed by atoms with Crippen LogP contribution in [0.5, 0.6) is 0 Å². The topological polar surface area (TPSA) is 80.9 Å². The first-order chi connectivity index (χ1) is 37.4. The quantitative estimate of drug-likeness (QED) is 0.0458. The Kier molecular flexibility index (Phi) is 56.4. The summed E-state index contributed by atoms with van der Waals surface area (Å²) in [7, 11) is 0. The van der Waals surface area contributed by atoms with Crippen LogP contribution in [-0.2, 0) is 0 Å². The van der Waals surface area contributed by atoms with Gasteiger partial charge in [-0.25, -0.2) is 0 Å². The van der Waals surface area contributed by atoms with Crippen molar-refractivity contribution in [2.45, 2.75) is 400 Å². The maximum Gasteiger partial charge on any atom is 0.0565 e. The molecule has 0 saturated heterocycles. The molecule has 0 aromatic rings. The van der Waals surface area contributed by atoms with E-state index in [0.29, 0.717) is 25.7 Å². The standard InChI is InChI=1S/C72H144O4/c1-5-8-11-14-17-18-26-39-52-67(54-41-28-21-34-47-60-73)66(51-38-24-15-12-9-6-2)53-40-27-19-20-31-46-59-72(76)65(4)50-37-32-33-45-58-71-64-69(56-43-29-22-35-48-61-74)68(55-42-25-16-13-10-7-3)63-70(71)57-44-30-23-36-49-62-75/h65-76H,5-64H2,1-4H3. The van der Waals surface area contributed by atoms with Gasteiger partial charge < -0.3 is 20.4 Å². The lowest BCUT2D eigenvalue weighted by Gasteiger charge is -2.42. The van der Waals surface area contributed by atoms with Crippen molar-refractivity contribution < 1.29 is 20.4 Å². The van der Waals surface area contributed by atoms with Gasteiger partial charge in [0.05, 0.1) is 6.10 Å². The molecule has 4 heteroatoms. The molecule has 0 aromatic heterocycles. The molecule has 1 rings (SSSR count). The van der Waals surface area contributed by atoms with Crippen LogP contribution >= 0.6 is 0 Å². The second-order valence-electron chi connectivity index (χ2n) is 26.5. The fourth-order valence-electron chi connectivity index (χ4n) is 14.4. The van der Waals surface area contributed by atoms with E-state index in [2.05, 4.69) is 27.7 Å². The van der Waals surface area contributed by atoms with Gasteiger partial charge in [0.2, 0.25) is 0 Å². The Morgan fingerprint density at radius 1 is 0.263 bits per heavy atom. The fourth-order valence-corrected chi connectivity index (χ4v) is 14.4. The Balaban J connectivity index is 2.58. The minimum atomic E-state index is -0.127. The van der Waals surface area contributed by atoms with Crippen LogP contribution in [0.3, 0.4) is 0 Å². The first-order valence-corrected chi connectivity index (χ1v) is 36.0. The first kappa shape index (κ1) is 73.9. The van der Waals surface area contributed by atoms with Gasteiger partial charge in [0.1, 0.15) is 0 Å². The summed E-state index contributed by atoms with van der Waals surface area (Å²) in [5, 5.41) is 39.1. The summed E-state index contributed by atoms with van der Waals surface area (Å²) >= 11 is 0. The minimum absolute atomic E-state index is 0.127. The van der Waals surface area contributed by atoms with E-state index >= 15 is 0 Å². The largest absolute Gasteiger partial charge is 0.396 e. The number of unbranched alkanes of at least 4 members (excludes halogenated alkanes) is 37. The second-order valence-corrected chi connectivity index (χ2v) is 26.5. The summed E-state index contributed by atoms with van der Waals surface area (Å²) < 4.78 is 0. The normalized spacial score (nSPS) is 18.6. The molecule has 0 aromatic carbocycles. The predicted molar refractivity (Wildman–Crippen MR) is 338 cm³/mol. The zero-order chi connectivity index (χ0) is 55.0. The van der Waals surface area contributed by atoms with E-state index in [1.165, 1.54) is 340 Å². The molecular formula is C72H144O4. The second kappa shape index (κ2) is 58.1. The summed E-state index contributed by atoms with van der Waals surface area (Å²) in [6, 6.07) is 0. The number of rotatable bonds is 62. The lowest BCUT2D eigenvalue weighted by Crippen LogP contribution is -2.32. The van der Waals surface area contributed by atoms with E-state index in [4.69, 9.17) is 0 Å². The average molecular weight is 1070 g/mol. The van der Waals surface area contributed by atoms with Gasteiger partial charge in [-0.3, -0.25) is 0 Å².